The Kier molecular flexibility index (Phi) is 3.82. The van der Waals surface area contributed by atoms with Gasteiger partial charge in [-0.05, 0) is 12.1 Å². The normalized spacial score (nSPS) is 10.5. The van der Waals surface area contributed by atoms with E-state index in [2.05, 4.69) is 0 Å². The van der Waals surface area contributed by atoms with Gasteiger partial charge in [0.15, 0.2) is 0 Å². The first kappa shape index (κ1) is 12.3. The molecule has 0 aliphatic rings. The maximum atomic E-state index is 10.7. The molecule has 1 aromatic rings. The monoisotopic (exact) mass is 195 g/mol. The molecule has 0 fully saturated rings. The van der Waals surface area contributed by atoms with E-state index >= 15 is 0 Å². The van der Waals surface area contributed by atoms with E-state index in [4.69, 9.17) is 10.3 Å². The zero-order chi connectivity index (χ0) is 9.35. The van der Waals surface area contributed by atoms with Crippen LogP contribution in [0.1, 0.15) is 0 Å². The van der Waals surface area contributed by atoms with E-state index in [-0.39, 0.29) is 29.4 Å². The van der Waals surface area contributed by atoms with Gasteiger partial charge >= 0.3 is 18.9 Å². The zero-order valence-corrected chi connectivity index (χ0v) is 7.71. The predicted molar refractivity (Wildman–Crippen MR) is 40.1 cm³/mol. The summed E-state index contributed by atoms with van der Waals surface area (Å²) in [5.41, 5.74) is 4.93. The molecule has 3 N–H and O–H groups in total. The number of hydrogen-bond donors (Lipinski definition) is 2. The maximum absolute atomic E-state index is 10.7. The van der Waals surface area contributed by atoms with Gasteiger partial charge in [-0.3, -0.25) is 4.55 Å². The second kappa shape index (κ2) is 4.02. The van der Waals surface area contributed by atoms with Crippen LogP contribution in [0.4, 0.5) is 5.69 Å². The Morgan fingerprint density at radius 1 is 1.38 bits per heavy atom. The molecule has 0 spiro atoms. The fourth-order valence-electron chi connectivity index (χ4n) is 0.687. The molecule has 66 valence electrons. The molecule has 0 atom stereocenters. The van der Waals surface area contributed by atoms with Gasteiger partial charge in [-0.15, -0.1) is 0 Å². The van der Waals surface area contributed by atoms with Crippen LogP contribution in [-0.4, -0.2) is 13.0 Å². The van der Waals surface area contributed by atoms with Crippen molar-refractivity contribution in [3.63, 3.8) is 0 Å². The summed E-state index contributed by atoms with van der Waals surface area (Å²) in [5, 5.41) is 10.7. The first-order valence-electron chi connectivity index (χ1n) is 2.95. The summed E-state index contributed by atoms with van der Waals surface area (Å²) < 4.78 is 29.5. The van der Waals surface area contributed by atoms with Crippen LogP contribution >= 0.6 is 0 Å². The molecule has 7 heteroatoms. The average Bonchev–Trinajstić information content (AvgIpc) is 1.92. The Labute approximate surface area is 87.5 Å². The van der Waals surface area contributed by atoms with Gasteiger partial charge in [0.25, 0.3) is 10.1 Å². The molecule has 0 saturated heterocycles. The van der Waals surface area contributed by atoms with Crippen LogP contribution in [-0.2, 0) is 10.1 Å². The zero-order valence-electron chi connectivity index (χ0n) is 6.89. The second-order valence-electron chi connectivity index (χ2n) is 2.17. The standard InChI is InChI=1S/C6H7NO4S.Li/c7-5-3-4(12(9,10)11)1-2-6(5)8;/h1-3,8H,7H2,(H,9,10,11);/q;+1/p-1. The fourth-order valence-corrected chi connectivity index (χ4v) is 1.20. The minimum Gasteiger partial charge on any atom is -0.871 e. The summed E-state index contributed by atoms with van der Waals surface area (Å²) in [6.45, 7) is 0. The molecule has 0 aliphatic carbocycles. The number of hydrogen-bond acceptors (Lipinski definition) is 4. The van der Waals surface area contributed by atoms with Crippen LogP contribution in [0, 0.1) is 0 Å². The number of nitrogens with two attached hydrogens (primary N) is 1. The van der Waals surface area contributed by atoms with Gasteiger partial charge in [0, 0.05) is 5.69 Å². The van der Waals surface area contributed by atoms with Gasteiger partial charge in [0.2, 0.25) is 0 Å². The molecular formula is C6H6LiNO4S. The molecule has 5 nitrogen and oxygen atoms in total. The summed E-state index contributed by atoms with van der Waals surface area (Å²) in [6.07, 6.45) is 0. The third-order valence-electron chi connectivity index (χ3n) is 1.28. The molecular weight excluding hydrogens is 189 g/mol. The van der Waals surface area contributed by atoms with Crippen LogP contribution in [0.25, 0.3) is 0 Å². The molecule has 0 heterocycles. The predicted octanol–water partition coefficient (Wildman–Crippen LogP) is -3.41. The molecule has 0 aromatic heterocycles. The minimum absolute atomic E-state index is 0. The second-order valence-corrected chi connectivity index (χ2v) is 3.60. The van der Waals surface area contributed by atoms with E-state index < -0.39 is 15.9 Å². The van der Waals surface area contributed by atoms with Gasteiger partial charge in [-0.2, -0.15) is 8.42 Å². The summed E-state index contributed by atoms with van der Waals surface area (Å²) in [5.74, 6) is -0.470. The summed E-state index contributed by atoms with van der Waals surface area (Å²) >= 11 is 0. The Balaban J connectivity index is 0.00000144. The van der Waals surface area contributed by atoms with Gasteiger partial charge < -0.3 is 10.8 Å². The van der Waals surface area contributed by atoms with Crippen LogP contribution in [0.2, 0.25) is 0 Å². The van der Waals surface area contributed by atoms with E-state index in [0.717, 1.165) is 18.2 Å². The third kappa shape index (κ3) is 2.93. The number of anilines is 1. The summed E-state index contributed by atoms with van der Waals surface area (Å²) in [7, 11) is -4.26. The molecule has 0 bridgehead atoms. The molecule has 1 aromatic carbocycles. The summed E-state index contributed by atoms with van der Waals surface area (Å²) in [4.78, 5) is -0.375. The van der Waals surface area contributed by atoms with E-state index in [9.17, 15) is 13.5 Å². The first-order chi connectivity index (χ1) is 5.41. The summed E-state index contributed by atoms with van der Waals surface area (Å²) in [6, 6.07) is 2.89. The van der Waals surface area contributed by atoms with Crippen molar-refractivity contribution >= 4 is 15.8 Å². The van der Waals surface area contributed by atoms with Crippen LogP contribution < -0.4 is 29.7 Å². The molecule has 1 rings (SSSR count). The quantitative estimate of drug-likeness (QED) is 0.276. The van der Waals surface area contributed by atoms with Crippen molar-refractivity contribution in [1.29, 1.82) is 0 Å². The van der Waals surface area contributed by atoms with Crippen LogP contribution in [0.15, 0.2) is 23.1 Å². The smallest absolute Gasteiger partial charge is 0.871 e. The molecule has 0 saturated carbocycles. The Morgan fingerprint density at radius 3 is 2.31 bits per heavy atom. The van der Waals surface area contributed by atoms with Crippen molar-refractivity contribution in [2.24, 2.45) is 0 Å². The Morgan fingerprint density at radius 2 is 1.92 bits per heavy atom. The first-order valence-corrected chi connectivity index (χ1v) is 4.39. The van der Waals surface area contributed by atoms with Crippen LogP contribution in [0.3, 0.4) is 0 Å². The maximum Gasteiger partial charge on any atom is 1.00 e. The Bertz CT molecular complexity index is 403. The van der Waals surface area contributed by atoms with E-state index in [1.54, 1.807) is 0 Å². The van der Waals surface area contributed by atoms with Crippen molar-refractivity contribution < 1.29 is 36.9 Å². The number of benzene rings is 1. The molecule has 0 radical (unpaired) electrons. The van der Waals surface area contributed by atoms with E-state index in [1.165, 1.54) is 0 Å². The van der Waals surface area contributed by atoms with E-state index in [0.29, 0.717) is 0 Å². The molecule has 13 heavy (non-hydrogen) atoms. The average molecular weight is 195 g/mol. The third-order valence-corrected chi connectivity index (χ3v) is 2.13. The van der Waals surface area contributed by atoms with Gasteiger partial charge in [0.05, 0.1) is 4.90 Å². The fraction of sp³-hybridized carbons (Fsp3) is 0. The molecule has 0 amide bonds. The van der Waals surface area contributed by atoms with Crippen molar-refractivity contribution in [2.75, 3.05) is 5.73 Å². The van der Waals surface area contributed by atoms with Crippen molar-refractivity contribution in [1.82, 2.24) is 0 Å². The topological polar surface area (TPSA) is 103 Å². The molecule has 0 aliphatic heterocycles. The van der Waals surface area contributed by atoms with Gasteiger partial charge in [0.1, 0.15) is 0 Å². The van der Waals surface area contributed by atoms with E-state index in [1.807, 2.05) is 0 Å². The number of nitrogen functional groups attached to an aromatic ring is 1. The van der Waals surface area contributed by atoms with Crippen molar-refractivity contribution in [2.45, 2.75) is 4.90 Å². The van der Waals surface area contributed by atoms with Crippen molar-refractivity contribution in [3.05, 3.63) is 18.2 Å². The largest absolute Gasteiger partial charge is 1.00 e. The Hall–Kier alpha value is -0.673. The van der Waals surface area contributed by atoms with Gasteiger partial charge in [-0.25, -0.2) is 0 Å². The van der Waals surface area contributed by atoms with Crippen LogP contribution in [0.5, 0.6) is 5.75 Å². The number of rotatable bonds is 1. The minimum atomic E-state index is -4.26. The van der Waals surface area contributed by atoms with Gasteiger partial charge in [-0.1, -0.05) is 11.8 Å². The molecule has 0 unspecified atom stereocenters. The SMILES string of the molecule is Nc1cc(S(=O)(=O)O)ccc1[O-].[Li+]. The van der Waals surface area contributed by atoms with Crippen molar-refractivity contribution in [3.8, 4) is 5.75 Å².